The molecule has 1 aromatic rings. The highest BCUT2D eigenvalue weighted by Gasteiger charge is 2.31. The molecule has 9 heteroatoms. The molecule has 1 aromatic carbocycles. The molecule has 0 spiro atoms. The van der Waals surface area contributed by atoms with E-state index in [1.807, 2.05) is 0 Å². The standard InChI is InChI=1S/C15H21NO7S/c1-10(13(17)16-9-15(2,20)14(18)19)8-24(21,22)12-6-4-11(23-3)5-7-12/h4-7,10,20H,8-9H2,1-3H3,(H,16,17)(H,18,19). The van der Waals surface area contributed by atoms with Crippen LogP contribution >= 0.6 is 0 Å². The summed E-state index contributed by atoms with van der Waals surface area (Å²) in [7, 11) is -2.23. The van der Waals surface area contributed by atoms with E-state index in [2.05, 4.69) is 5.32 Å². The van der Waals surface area contributed by atoms with Crippen LogP contribution in [0.2, 0.25) is 0 Å². The van der Waals surface area contributed by atoms with Crippen molar-refractivity contribution in [3.63, 3.8) is 0 Å². The highest BCUT2D eigenvalue weighted by atomic mass is 32.2. The van der Waals surface area contributed by atoms with Gasteiger partial charge in [0, 0.05) is 5.92 Å². The van der Waals surface area contributed by atoms with E-state index in [0.29, 0.717) is 5.75 Å². The minimum Gasteiger partial charge on any atom is -0.497 e. The van der Waals surface area contributed by atoms with Crippen LogP contribution in [-0.2, 0) is 19.4 Å². The first kappa shape index (κ1) is 19.9. The van der Waals surface area contributed by atoms with Crippen LogP contribution < -0.4 is 10.1 Å². The van der Waals surface area contributed by atoms with Crippen LogP contribution in [0.15, 0.2) is 29.2 Å². The van der Waals surface area contributed by atoms with Crippen LogP contribution in [0, 0.1) is 5.92 Å². The van der Waals surface area contributed by atoms with E-state index in [0.717, 1.165) is 6.92 Å². The van der Waals surface area contributed by atoms with Crippen LogP contribution in [-0.4, -0.2) is 55.5 Å². The van der Waals surface area contributed by atoms with Gasteiger partial charge in [0.25, 0.3) is 0 Å². The molecule has 134 valence electrons. The Labute approximate surface area is 140 Å². The zero-order valence-electron chi connectivity index (χ0n) is 13.6. The topological polar surface area (TPSA) is 130 Å². The molecule has 0 bridgehead atoms. The molecule has 0 saturated heterocycles. The summed E-state index contributed by atoms with van der Waals surface area (Å²) in [5.41, 5.74) is -2.12. The molecule has 0 aliphatic rings. The van der Waals surface area contributed by atoms with Crippen LogP contribution in [0.25, 0.3) is 0 Å². The minimum atomic E-state index is -3.69. The molecule has 2 atom stereocenters. The lowest BCUT2D eigenvalue weighted by Gasteiger charge is -2.20. The molecule has 0 heterocycles. The molecule has 3 N–H and O–H groups in total. The first-order valence-electron chi connectivity index (χ1n) is 7.10. The van der Waals surface area contributed by atoms with Crippen molar-refractivity contribution in [3.05, 3.63) is 24.3 Å². The summed E-state index contributed by atoms with van der Waals surface area (Å²) in [6, 6.07) is 5.77. The van der Waals surface area contributed by atoms with Gasteiger partial charge in [-0.1, -0.05) is 6.92 Å². The second kappa shape index (κ2) is 7.63. The number of benzene rings is 1. The molecule has 2 unspecified atom stereocenters. The summed E-state index contributed by atoms with van der Waals surface area (Å²) in [6.45, 7) is 1.92. The minimum absolute atomic E-state index is 0.0560. The van der Waals surface area contributed by atoms with E-state index in [4.69, 9.17) is 9.84 Å². The number of nitrogens with one attached hydrogen (secondary N) is 1. The van der Waals surface area contributed by atoms with E-state index >= 15 is 0 Å². The third-order valence-corrected chi connectivity index (χ3v) is 5.33. The number of aliphatic carboxylic acids is 1. The number of hydrogen-bond acceptors (Lipinski definition) is 6. The van der Waals surface area contributed by atoms with Crippen molar-refractivity contribution < 1.29 is 33.0 Å². The number of sulfone groups is 1. The average molecular weight is 359 g/mol. The monoisotopic (exact) mass is 359 g/mol. The molecule has 24 heavy (non-hydrogen) atoms. The number of aliphatic hydroxyl groups is 1. The molecule has 0 aromatic heterocycles. The van der Waals surface area contributed by atoms with Crippen LogP contribution in [0.1, 0.15) is 13.8 Å². The van der Waals surface area contributed by atoms with Gasteiger partial charge in [-0.05, 0) is 31.2 Å². The predicted octanol–water partition coefficient (Wildman–Crippen LogP) is 0.0568. The lowest BCUT2D eigenvalue weighted by molar-refractivity contribution is -0.156. The Morgan fingerprint density at radius 1 is 1.29 bits per heavy atom. The van der Waals surface area contributed by atoms with E-state index in [9.17, 15) is 23.1 Å². The second-order valence-electron chi connectivity index (χ2n) is 5.65. The van der Waals surface area contributed by atoms with E-state index in [-0.39, 0.29) is 4.90 Å². The summed E-state index contributed by atoms with van der Waals surface area (Å²) in [4.78, 5) is 22.7. The van der Waals surface area contributed by atoms with Crippen molar-refractivity contribution in [1.82, 2.24) is 5.32 Å². The van der Waals surface area contributed by atoms with Gasteiger partial charge in [-0.25, -0.2) is 13.2 Å². The fraction of sp³-hybridized carbons (Fsp3) is 0.467. The zero-order valence-corrected chi connectivity index (χ0v) is 14.5. The van der Waals surface area contributed by atoms with Crippen molar-refractivity contribution in [2.45, 2.75) is 24.3 Å². The van der Waals surface area contributed by atoms with Crippen molar-refractivity contribution in [1.29, 1.82) is 0 Å². The highest BCUT2D eigenvalue weighted by Crippen LogP contribution is 2.18. The van der Waals surface area contributed by atoms with Gasteiger partial charge in [0.15, 0.2) is 15.4 Å². The zero-order chi connectivity index (χ0) is 18.5. The number of amides is 1. The van der Waals surface area contributed by atoms with Crippen molar-refractivity contribution in [2.24, 2.45) is 5.92 Å². The molecule has 0 radical (unpaired) electrons. The summed E-state index contributed by atoms with van der Waals surface area (Å²) < 4.78 is 29.5. The summed E-state index contributed by atoms with van der Waals surface area (Å²) >= 11 is 0. The maximum absolute atomic E-state index is 12.3. The van der Waals surface area contributed by atoms with Gasteiger partial charge in [-0.3, -0.25) is 4.79 Å². The number of carboxylic acids is 1. The van der Waals surface area contributed by atoms with Gasteiger partial charge in [-0.2, -0.15) is 0 Å². The lowest BCUT2D eigenvalue weighted by atomic mass is 10.1. The Balaban J connectivity index is 2.72. The molecule has 1 rings (SSSR count). The van der Waals surface area contributed by atoms with Gasteiger partial charge in [0.05, 0.1) is 24.3 Å². The summed E-state index contributed by atoms with van der Waals surface area (Å²) in [6.07, 6.45) is 0. The number of ether oxygens (including phenoxy) is 1. The molecular formula is C15H21NO7S. The number of hydrogen-bond donors (Lipinski definition) is 3. The quantitative estimate of drug-likeness (QED) is 0.598. The smallest absolute Gasteiger partial charge is 0.337 e. The maximum atomic E-state index is 12.3. The number of carbonyl (C=O) groups is 2. The van der Waals surface area contributed by atoms with E-state index in [1.165, 1.54) is 38.3 Å². The number of carboxylic acid groups (broad SMARTS) is 1. The molecule has 0 fully saturated rings. The SMILES string of the molecule is COc1ccc(S(=O)(=O)CC(C)C(=O)NCC(C)(O)C(=O)O)cc1. The Bertz CT molecular complexity index is 695. The summed E-state index contributed by atoms with van der Waals surface area (Å²) in [5, 5.41) is 20.5. The fourth-order valence-corrected chi connectivity index (χ4v) is 3.35. The van der Waals surface area contributed by atoms with E-state index in [1.54, 1.807) is 0 Å². The van der Waals surface area contributed by atoms with Gasteiger partial charge in [-0.15, -0.1) is 0 Å². The predicted molar refractivity (Wildman–Crippen MR) is 85.5 cm³/mol. The summed E-state index contributed by atoms with van der Waals surface area (Å²) in [5.74, 6) is -2.99. The second-order valence-corrected chi connectivity index (χ2v) is 7.69. The van der Waals surface area contributed by atoms with Crippen LogP contribution in [0.3, 0.4) is 0 Å². The Morgan fingerprint density at radius 3 is 2.29 bits per heavy atom. The Morgan fingerprint density at radius 2 is 1.83 bits per heavy atom. The third kappa shape index (κ3) is 5.20. The maximum Gasteiger partial charge on any atom is 0.337 e. The number of methoxy groups -OCH3 is 1. The highest BCUT2D eigenvalue weighted by molar-refractivity contribution is 7.91. The fourth-order valence-electron chi connectivity index (χ4n) is 1.79. The van der Waals surface area contributed by atoms with Gasteiger partial charge < -0.3 is 20.3 Å². The van der Waals surface area contributed by atoms with E-state index < -0.39 is 45.5 Å². The van der Waals surface area contributed by atoms with Crippen molar-refractivity contribution in [3.8, 4) is 5.75 Å². The first-order valence-corrected chi connectivity index (χ1v) is 8.75. The normalized spacial score (nSPS) is 15.2. The molecule has 0 aliphatic carbocycles. The number of carbonyl (C=O) groups excluding carboxylic acids is 1. The lowest BCUT2D eigenvalue weighted by Crippen LogP contribution is -2.48. The van der Waals surface area contributed by atoms with Crippen molar-refractivity contribution in [2.75, 3.05) is 19.4 Å². The molecule has 8 nitrogen and oxygen atoms in total. The van der Waals surface area contributed by atoms with Crippen LogP contribution in [0.4, 0.5) is 0 Å². The van der Waals surface area contributed by atoms with Gasteiger partial charge in [0.2, 0.25) is 5.91 Å². The average Bonchev–Trinajstić information content (AvgIpc) is 2.52. The Hall–Kier alpha value is -2.13. The van der Waals surface area contributed by atoms with Crippen LogP contribution in [0.5, 0.6) is 5.75 Å². The van der Waals surface area contributed by atoms with Gasteiger partial charge >= 0.3 is 5.97 Å². The molecule has 0 saturated carbocycles. The third-order valence-electron chi connectivity index (χ3n) is 3.40. The Kier molecular flexibility index (Phi) is 6.33. The molecule has 0 aliphatic heterocycles. The van der Waals surface area contributed by atoms with Crippen molar-refractivity contribution >= 4 is 21.7 Å². The molecule has 1 amide bonds. The van der Waals surface area contributed by atoms with Gasteiger partial charge in [0.1, 0.15) is 5.75 Å². The number of rotatable bonds is 8. The molecular weight excluding hydrogens is 338 g/mol. The largest absolute Gasteiger partial charge is 0.497 e. The first-order chi connectivity index (χ1) is 11.0.